The molecule has 4 atom stereocenters. The van der Waals surface area contributed by atoms with E-state index in [2.05, 4.69) is 23.4 Å². The molecule has 0 amide bonds. The van der Waals surface area contributed by atoms with Crippen LogP contribution in [0.15, 0.2) is 15.8 Å². The van der Waals surface area contributed by atoms with Crippen molar-refractivity contribution in [2.24, 2.45) is 0 Å². The molecule has 2 heterocycles. The molecule has 0 bridgehead atoms. The number of phosphoric acid groups is 1. The van der Waals surface area contributed by atoms with Gasteiger partial charge in [-0.15, -0.1) is 0 Å². The molecule has 44 heavy (non-hydrogen) atoms. The summed E-state index contributed by atoms with van der Waals surface area (Å²) >= 11 is 0. The van der Waals surface area contributed by atoms with Crippen LogP contribution in [-0.2, 0) is 23.3 Å². The van der Waals surface area contributed by atoms with E-state index in [9.17, 15) is 18.5 Å². The van der Waals surface area contributed by atoms with Gasteiger partial charge < -0.3 is 24.0 Å². The van der Waals surface area contributed by atoms with Crippen molar-refractivity contribution in [1.29, 1.82) is 0 Å². The predicted molar refractivity (Wildman–Crippen MR) is 170 cm³/mol. The minimum absolute atomic E-state index is 0.194. The van der Waals surface area contributed by atoms with Gasteiger partial charge in [-0.3, -0.25) is 18.9 Å². The molecule has 1 aromatic heterocycles. The largest absolute Gasteiger partial charge is 0.469 e. The number of H-pyrrole nitrogens is 1. The molecular weight excluding hydrogens is 594 g/mol. The second-order valence-electron chi connectivity index (χ2n) is 11.6. The van der Waals surface area contributed by atoms with E-state index in [0.717, 1.165) is 24.4 Å². The number of alkyl halides is 1. The normalized spacial score (nSPS) is 19.1. The van der Waals surface area contributed by atoms with Gasteiger partial charge in [0, 0.05) is 31.4 Å². The molecule has 0 aromatic carbocycles. The number of aromatic nitrogens is 2. The Morgan fingerprint density at radius 3 is 2.07 bits per heavy atom. The van der Waals surface area contributed by atoms with Crippen molar-refractivity contribution < 1.29 is 37.5 Å². The molecule has 0 spiro atoms. The van der Waals surface area contributed by atoms with Crippen LogP contribution in [0.4, 0.5) is 4.39 Å². The van der Waals surface area contributed by atoms with Crippen LogP contribution in [0.2, 0.25) is 0 Å². The zero-order chi connectivity index (χ0) is 32.8. The molecule has 0 saturated carbocycles. The van der Waals surface area contributed by atoms with Crippen molar-refractivity contribution in [3.63, 3.8) is 0 Å². The SMILES string of the molecule is CCCCCCCCCCCCCCCCOCC(C)OCC.Cc1cn([C@H]2C[C@H](F)[C@@H](COP(=O)(O)O)O2)c(=O)[nH]c1=O. The second-order valence-corrected chi connectivity index (χ2v) is 12.8. The van der Waals surface area contributed by atoms with Gasteiger partial charge in [-0.1, -0.05) is 90.4 Å². The smallest absolute Gasteiger partial charge is 0.379 e. The van der Waals surface area contributed by atoms with Crippen molar-refractivity contribution in [2.45, 2.75) is 149 Å². The molecule has 11 nitrogen and oxygen atoms in total. The fourth-order valence-corrected chi connectivity index (χ4v) is 5.30. The predicted octanol–water partition coefficient (Wildman–Crippen LogP) is 6.49. The monoisotopic (exact) mass is 652 g/mol. The number of phosphoric ester groups is 1. The molecule has 258 valence electrons. The van der Waals surface area contributed by atoms with E-state index >= 15 is 0 Å². The highest BCUT2D eigenvalue weighted by Gasteiger charge is 2.38. The first kappa shape index (κ1) is 40.6. The molecule has 1 aromatic rings. The summed E-state index contributed by atoms with van der Waals surface area (Å²) in [5, 5.41) is 0. The lowest BCUT2D eigenvalue weighted by Crippen LogP contribution is -2.33. The average molecular weight is 653 g/mol. The summed E-state index contributed by atoms with van der Waals surface area (Å²) in [6, 6.07) is 0. The molecule has 0 aliphatic carbocycles. The van der Waals surface area contributed by atoms with Gasteiger partial charge in [0.15, 0.2) is 0 Å². The standard InChI is InChI=1S/C21H44O2.C10H14FN2O7P/c1-4-6-7-8-9-10-11-12-13-14-15-16-17-18-19-22-20-21(3)23-5-2;1-5-3-13(10(15)12-9(5)14)8-2-6(11)7(20-8)4-19-21(16,17)18/h21H,4-20H2,1-3H3;3,6-8H,2,4H2,1H3,(H,12,14,15)(H2,16,17,18)/t;6-,7+,8+/m.0/s1. The lowest BCUT2D eigenvalue weighted by atomic mass is 10.0. The summed E-state index contributed by atoms with van der Waals surface area (Å²) in [5.74, 6) is 0. The maximum atomic E-state index is 13.8. The summed E-state index contributed by atoms with van der Waals surface area (Å²) in [7, 11) is -4.72. The maximum Gasteiger partial charge on any atom is 0.469 e. The number of unbranched alkanes of at least 4 members (excludes halogenated alkanes) is 13. The van der Waals surface area contributed by atoms with E-state index in [4.69, 9.17) is 24.0 Å². The fourth-order valence-electron chi connectivity index (χ4n) is 4.96. The summed E-state index contributed by atoms with van der Waals surface area (Å²) in [6.07, 6.45) is 17.2. The number of aryl methyl sites for hydroxylation is 1. The highest BCUT2D eigenvalue weighted by Crippen LogP contribution is 2.38. The van der Waals surface area contributed by atoms with E-state index in [-0.39, 0.29) is 18.1 Å². The van der Waals surface area contributed by atoms with Gasteiger partial charge in [-0.2, -0.15) is 0 Å². The average Bonchev–Trinajstić information content (AvgIpc) is 3.33. The number of halogens is 1. The minimum Gasteiger partial charge on any atom is -0.379 e. The van der Waals surface area contributed by atoms with Crippen LogP contribution >= 0.6 is 7.82 Å². The molecule has 3 N–H and O–H groups in total. The van der Waals surface area contributed by atoms with Crippen LogP contribution in [0.25, 0.3) is 0 Å². The zero-order valence-electron chi connectivity index (χ0n) is 27.3. The Bertz CT molecular complexity index is 1030. The number of rotatable bonds is 23. The number of hydrogen-bond donors (Lipinski definition) is 3. The maximum absolute atomic E-state index is 13.8. The highest BCUT2D eigenvalue weighted by atomic mass is 31.2. The first-order chi connectivity index (χ1) is 21.0. The van der Waals surface area contributed by atoms with Crippen molar-refractivity contribution in [3.8, 4) is 0 Å². The molecule has 1 unspecified atom stereocenters. The minimum atomic E-state index is -4.72. The third-order valence-electron chi connectivity index (χ3n) is 7.47. The van der Waals surface area contributed by atoms with Crippen molar-refractivity contribution >= 4 is 7.82 Å². The van der Waals surface area contributed by atoms with Gasteiger partial charge in [0.25, 0.3) is 5.56 Å². The van der Waals surface area contributed by atoms with Gasteiger partial charge in [-0.05, 0) is 27.2 Å². The highest BCUT2D eigenvalue weighted by molar-refractivity contribution is 7.46. The van der Waals surface area contributed by atoms with Crippen LogP contribution in [-0.4, -0.2) is 64.1 Å². The number of ether oxygens (including phenoxy) is 3. The zero-order valence-corrected chi connectivity index (χ0v) is 28.2. The Kier molecular flexibility index (Phi) is 22.0. The topological polar surface area (TPSA) is 149 Å². The molecular formula is C31H58FN2O9P. The van der Waals surface area contributed by atoms with Gasteiger partial charge >= 0.3 is 13.5 Å². The van der Waals surface area contributed by atoms with Crippen LogP contribution in [0.5, 0.6) is 0 Å². The third kappa shape index (κ3) is 19.2. The molecule has 2 rings (SSSR count). The van der Waals surface area contributed by atoms with Crippen molar-refractivity contribution in [3.05, 3.63) is 32.6 Å². The molecule has 0 radical (unpaired) electrons. The van der Waals surface area contributed by atoms with E-state index in [1.807, 2.05) is 6.92 Å². The van der Waals surface area contributed by atoms with E-state index < -0.39 is 44.2 Å². The van der Waals surface area contributed by atoms with Crippen molar-refractivity contribution in [1.82, 2.24) is 9.55 Å². The summed E-state index contributed by atoms with van der Waals surface area (Å²) in [4.78, 5) is 42.1. The van der Waals surface area contributed by atoms with Crippen LogP contribution in [0, 0.1) is 6.92 Å². The van der Waals surface area contributed by atoms with E-state index in [0.29, 0.717) is 0 Å². The summed E-state index contributed by atoms with van der Waals surface area (Å²) < 4.78 is 45.9. The number of hydrogen-bond acceptors (Lipinski definition) is 7. The molecule has 1 aliphatic rings. The number of nitrogens with one attached hydrogen (secondary N) is 1. The lowest BCUT2D eigenvalue weighted by molar-refractivity contribution is -0.0351. The number of aromatic amines is 1. The van der Waals surface area contributed by atoms with Gasteiger partial charge in [0.05, 0.1) is 19.3 Å². The summed E-state index contributed by atoms with van der Waals surface area (Å²) in [5.41, 5.74) is -1.05. The van der Waals surface area contributed by atoms with Crippen LogP contribution in [0.1, 0.15) is 129 Å². The Morgan fingerprint density at radius 1 is 1.00 bits per heavy atom. The van der Waals surface area contributed by atoms with Crippen LogP contribution in [0.3, 0.4) is 0 Å². The first-order valence-corrected chi connectivity index (χ1v) is 18.0. The lowest BCUT2D eigenvalue weighted by Gasteiger charge is -2.16. The van der Waals surface area contributed by atoms with E-state index in [1.54, 1.807) is 0 Å². The Hall–Kier alpha value is -1.40. The molecule has 13 heteroatoms. The Morgan fingerprint density at radius 2 is 1.55 bits per heavy atom. The van der Waals surface area contributed by atoms with Crippen molar-refractivity contribution in [2.75, 3.05) is 26.4 Å². The van der Waals surface area contributed by atoms with Gasteiger partial charge in [0.2, 0.25) is 0 Å². The summed E-state index contributed by atoms with van der Waals surface area (Å²) in [6.45, 7) is 9.66. The Labute approximate surface area is 262 Å². The number of nitrogens with zero attached hydrogens (tertiary/aromatic N) is 1. The fraction of sp³-hybridized carbons (Fsp3) is 0.871. The Balaban J connectivity index is 0.000000441. The third-order valence-corrected chi connectivity index (χ3v) is 7.96. The molecule has 1 fully saturated rings. The van der Waals surface area contributed by atoms with Gasteiger partial charge in [0.1, 0.15) is 18.5 Å². The van der Waals surface area contributed by atoms with E-state index in [1.165, 1.54) is 103 Å². The van der Waals surface area contributed by atoms with Crippen LogP contribution < -0.4 is 11.2 Å². The molecule has 1 aliphatic heterocycles. The first-order valence-electron chi connectivity index (χ1n) is 16.5. The molecule has 1 saturated heterocycles. The van der Waals surface area contributed by atoms with Gasteiger partial charge in [-0.25, -0.2) is 13.8 Å². The second kappa shape index (κ2) is 23.9. The quantitative estimate of drug-likeness (QED) is 0.0891.